The van der Waals surface area contributed by atoms with Crippen molar-refractivity contribution >= 4 is 45.5 Å². The Bertz CT molecular complexity index is 1330. The van der Waals surface area contributed by atoms with E-state index in [2.05, 4.69) is 21.2 Å². The number of barbiturate groups is 1. The number of nitrogens with one attached hydrogen (secondary N) is 1. The van der Waals surface area contributed by atoms with Crippen molar-refractivity contribution in [2.75, 3.05) is 4.90 Å². The summed E-state index contributed by atoms with van der Waals surface area (Å²) in [6.07, 6.45) is 1.42. The zero-order valence-corrected chi connectivity index (χ0v) is 20.0. The zero-order chi connectivity index (χ0) is 24.4. The Labute approximate surface area is 204 Å². The van der Waals surface area contributed by atoms with Crippen molar-refractivity contribution < 1.29 is 23.5 Å². The zero-order valence-electron chi connectivity index (χ0n) is 18.4. The van der Waals surface area contributed by atoms with Crippen LogP contribution in [0.5, 0.6) is 5.75 Å². The maximum Gasteiger partial charge on any atom is 0.335 e. The second kappa shape index (κ2) is 9.61. The standard InChI is InChI=1S/C26H20BrFN2O4/c1-15-8-16(2)10-20(9-15)30-25(32)21(24(31)29-26(30)33)12-17-6-7-23(22(27)13-17)34-14-18-4-3-5-19(28)11-18/h3-13H,14H2,1-2H3,(H,29,31,33)/b21-12+. The molecule has 1 heterocycles. The predicted molar refractivity (Wildman–Crippen MR) is 130 cm³/mol. The van der Waals surface area contributed by atoms with Crippen molar-refractivity contribution in [1.29, 1.82) is 0 Å². The number of amides is 4. The van der Waals surface area contributed by atoms with Gasteiger partial charge in [-0.15, -0.1) is 0 Å². The van der Waals surface area contributed by atoms with E-state index in [0.29, 0.717) is 27.0 Å². The number of hydrogen-bond donors (Lipinski definition) is 1. The van der Waals surface area contributed by atoms with Gasteiger partial charge in [0.05, 0.1) is 10.2 Å². The van der Waals surface area contributed by atoms with Gasteiger partial charge in [-0.05, 0) is 94.5 Å². The molecule has 1 aliphatic rings. The van der Waals surface area contributed by atoms with Gasteiger partial charge in [-0.25, -0.2) is 14.1 Å². The van der Waals surface area contributed by atoms with Crippen LogP contribution in [0.2, 0.25) is 0 Å². The smallest absolute Gasteiger partial charge is 0.335 e. The normalized spacial score (nSPS) is 15.0. The van der Waals surface area contributed by atoms with Crippen LogP contribution in [0.3, 0.4) is 0 Å². The van der Waals surface area contributed by atoms with Crippen molar-refractivity contribution in [2.45, 2.75) is 20.5 Å². The van der Waals surface area contributed by atoms with Crippen molar-refractivity contribution in [2.24, 2.45) is 0 Å². The van der Waals surface area contributed by atoms with Crippen LogP contribution in [0.25, 0.3) is 6.08 Å². The van der Waals surface area contributed by atoms with Crippen LogP contribution in [0, 0.1) is 19.7 Å². The molecule has 4 rings (SSSR count). The highest BCUT2D eigenvalue weighted by atomic mass is 79.9. The van der Waals surface area contributed by atoms with Crippen molar-refractivity contribution in [3.05, 3.63) is 98.8 Å². The van der Waals surface area contributed by atoms with Gasteiger partial charge < -0.3 is 4.74 Å². The van der Waals surface area contributed by atoms with Crippen LogP contribution in [-0.2, 0) is 16.2 Å². The summed E-state index contributed by atoms with van der Waals surface area (Å²) in [5.41, 5.74) is 3.23. The van der Waals surface area contributed by atoms with Crippen LogP contribution in [0.15, 0.2) is 70.7 Å². The maximum absolute atomic E-state index is 13.4. The van der Waals surface area contributed by atoms with Gasteiger partial charge in [0, 0.05) is 0 Å². The second-order valence-corrected chi connectivity index (χ2v) is 8.77. The van der Waals surface area contributed by atoms with Crippen LogP contribution in [0.4, 0.5) is 14.9 Å². The van der Waals surface area contributed by atoms with Crippen molar-refractivity contribution in [1.82, 2.24) is 5.32 Å². The number of ether oxygens (including phenoxy) is 1. The maximum atomic E-state index is 13.4. The Morgan fingerprint density at radius 3 is 2.41 bits per heavy atom. The third kappa shape index (κ3) is 5.07. The third-order valence-electron chi connectivity index (χ3n) is 5.12. The highest BCUT2D eigenvalue weighted by molar-refractivity contribution is 9.10. The fourth-order valence-electron chi connectivity index (χ4n) is 3.65. The quantitative estimate of drug-likeness (QED) is 0.357. The molecule has 0 atom stereocenters. The molecule has 3 aromatic rings. The van der Waals surface area contributed by atoms with Gasteiger partial charge in [0.1, 0.15) is 23.7 Å². The van der Waals surface area contributed by atoms with Crippen molar-refractivity contribution in [3.63, 3.8) is 0 Å². The molecule has 4 amide bonds. The Balaban J connectivity index is 1.58. The number of imide groups is 2. The van der Waals surface area contributed by atoms with E-state index in [1.54, 1.807) is 42.5 Å². The molecular formula is C26H20BrFN2O4. The molecule has 1 N–H and O–H groups in total. The number of aryl methyl sites for hydroxylation is 2. The number of urea groups is 1. The van der Waals surface area contributed by atoms with Gasteiger partial charge in [0.25, 0.3) is 11.8 Å². The Morgan fingerprint density at radius 1 is 1.00 bits per heavy atom. The summed E-state index contributed by atoms with van der Waals surface area (Å²) >= 11 is 3.43. The number of anilines is 1. The molecule has 8 heteroatoms. The molecule has 0 saturated carbocycles. The summed E-state index contributed by atoms with van der Waals surface area (Å²) in [6.45, 7) is 3.89. The second-order valence-electron chi connectivity index (χ2n) is 7.91. The van der Waals surface area contributed by atoms with Gasteiger partial charge in [-0.3, -0.25) is 14.9 Å². The molecule has 172 valence electrons. The fourth-order valence-corrected chi connectivity index (χ4v) is 4.16. The first kappa shape index (κ1) is 23.4. The molecule has 0 aromatic heterocycles. The fraction of sp³-hybridized carbons (Fsp3) is 0.115. The Morgan fingerprint density at radius 2 is 1.74 bits per heavy atom. The lowest BCUT2D eigenvalue weighted by Gasteiger charge is -2.27. The molecule has 34 heavy (non-hydrogen) atoms. The predicted octanol–water partition coefficient (Wildman–Crippen LogP) is 5.45. The summed E-state index contributed by atoms with van der Waals surface area (Å²) in [5.74, 6) is -1.30. The van der Waals surface area contributed by atoms with E-state index in [-0.39, 0.29) is 18.0 Å². The average Bonchev–Trinajstić information content (AvgIpc) is 2.75. The van der Waals surface area contributed by atoms with Gasteiger partial charge in [0.15, 0.2) is 0 Å². The number of carbonyl (C=O) groups excluding carboxylic acids is 3. The summed E-state index contributed by atoms with van der Waals surface area (Å²) < 4.78 is 19.7. The highest BCUT2D eigenvalue weighted by Crippen LogP contribution is 2.29. The lowest BCUT2D eigenvalue weighted by molar-refractivity contribution is -0.122. The first-order chi connectivity index (χ1) is 16.2. The summed E-state index contributed by atoms with van der Waals surface area (Å²) in [4.78, 5) is 39.0. The van der Waals surface area contributed by atoms with E-state index in [1.165, 1.54) is 18.2 Å². The molecular weight excluding hydrogens is 503 g/mol. The first-order valence-electron chi connectivity index (χ1n) is 10.4. The summed E-state index contributed by atoms with van der Waals surface area (Å²) in [6, 6.07) is 15.7. The highest BCUT2D eigenvalue weighted by Gasteiger charge is 2.37. The van der Waals surface area contributed by atoms with Gasteiger partial charge >= 0.3 is 6.03 Å². The molecule has 1 fully saturated rings. The first-order valence-corrected chi connectivity index (χ1v) is 11.2. The molecule has 3 aromatic carbocycles. The van der Waals surface area contributed by atoms with Crippen LogP contribution in [0.1, 0.15) is 22.3 Å². The molecule has 1 aliphatic heterocycles. The van der Waals surface area contributed by atoms with E-state index in [0.717, 1.165) is 16.0 Å². The monoisotopic (exact) mass is 522 g/mol. The summed E-state index contributed by atoms with van der Waals surface area (Å²) in [5, 5.41) is 2.23. The largest absolute Gasteiger partial charge is 0.488 e. The number of halogens is 2. The van der Waals surface area contributed by atoms with Crippen LogP contribution >= 0.6 is 15.9 Å². The lowest BCUT2D eigenvalue weighted by Crippen LogP contribution is -2.54. The SMILES string of the molecule is Cc1cc(C)cc(N2C(=O)NC(=O)/C(=C\c3ccc(OCc4cccc(F)c4)c(Br)c3)C2=O)c1. The minimum absolute atomic E-state index is 0.168. The van der Waals surface area contributed by atoms with Gasteiger partial charge in [-0.1, -0.05) is 24.3 Å². The third-order valence-corrected chi connectivity index (χ3v) is 5.74. The summed E-state index contributed by atoms with van der Waals surface area (Å²) in [7, 11) is 0. The molecule has 0 spiro atoms. The van der Waals surface area contributed by atoms with Crippen molar-refractivity contribution in [3.8, 4) is 5.75 Å². The van der Waals surface area contributed by atoms with Gasteiger partial charge in [0.2, 0.25) is 0 Å². The number of carbonyl (C=O) groups is 3. The van der Waals surface area contributed by atoms with E-state index in [9.17, 15) is 18.8 Å². The van der Waals surface area contributed by atoms with E-state index in [4.69, 9.17) is 4.74 Å². The van der Waals surface area contributed by atoms with Crippen LogP contribution < -0.4 is 15.0 Å². The molecule has 0 radical (unpaired) electrons. The minimum Gasteiger partial charge on any atom is -0.488 e. The topological polar surface area (TPSA) is 75.7 Å². The van der Waals surface area contributed by atoms with Gasteiger partial charge in [-0.2, -0.15) is 0 Å². The Hall–Kier alpha value is -3.78. The molecule has 0 aliphatic carbocycles. The number of nitrogens with zero attached hydrogens (tertiary/aromatic N) is 1. The lowest BCUT2D eigenvalue weighted by atomic mass is 10.1. The van der Waals surface area contributed by atoms with E-state index in [1.807, 2.05) is 19.9 Å². The number of hydrogen-bond acceptors (Lipinski definition) is 4. The molecule has 0 bridgehead atoms. The Kier molecular flexibility index (Phi) is 6.61. The molecule has 1 saturated heterocycles. The minimum atomic E-state index is -0.792. The average molecular weight is 523 g/mol. The number of benzene rings is 3. The van der Waals surface area contributed by atoms with Crippen LogP contribution in [-0.4, -0.2) is 17.8 Å². The van der Waals surface area contributed by atoms with E-state index < -0.39 is 17.8 Å². The number of rotatable bonds is 5. The molecule has 0 unspecified atom stereocenters. The van der Waals surface area contributed by atoms with E-state index >= 15 is 0 Å². The molecule has 6 nitrogen and oxygen atoms in total.